The summed E-state index contributed by atoms with van der Waals surface area (Å²) in [4.78, 5) is 101. The number of rotatable bonds is 29. The van der Waals surface area contributed by atoms with Crippen LogP contribution in [0, 0.1) is 45.1 Å². The van der Waals surface area contributed by atoms with Gasteiger partial charge in [0.2, 0.25) is 35.3 Å². The molecule has 7 aromatic heterocycles. The van der Waals surface area contributed by atoms with E-state index in [2.05, 4.69) is 72.9 Å². The first-order chi connectivity index (χ1) is 68.3. The normalized spacial score (nSPS) is 11.0. The SMILES string of the molecule is CC(C)(C)NC(=O)c1ccc(OCc2ccccc2)nc1.Cc1ccc(NC(=O)c2ccc(OCc3cccc(F)c3)nc2)cc1.Cc1ccc(NC(=O)c2ccc(OCc3cccc(F)c3)nc2)cc1.Cc1ccc(NC(=O)c2ccc(OCc3ccccc3)nc2)cc1.Cc1cccc(COc2ccc(C(=O)Nc3ccccn3)cn2)c1.O=C(NC1CCC1)c1ccc(OCc2ccccc2F)nc1. The van der Waals surface area contributed by atoms with Crippen LogP contribution in [-0.4, -0.2) is 81.9 Å². The second-order valence-corrected chi connectivity index (χ2v) is 33.3. The maximum atomic E-state index is 13.5. The number of ether oxygens (including phenoxy) is 6. The van der Waals surface area contributed by atoms with Crippen molar-refractivity contribution in [1.82, 2.24) is 45.5 Å². The predicted octanol–water partition coefficient (Wildman–Crippen LogP) is 22.8. The van der Waals surface area contributed by atoms with Crippen LogP contribution in [0.25, 0.3) is 0 Å². The topological polar surface area (TPSA) is 320 Å². The Morgan fingerprint density at radius 1 is 0.298 bits per heavy atom. The van der Waals surface area contributed by atoms with Crippen LogP contribution in [0.4, 0.5) is 36.1 Å². The lowest BCUT2D eigenvalue weighted by Gasteiger charge is -2.26. The van der Waals surface area contributed by atoms with Crippen LogP contribution in [0.1, 0.15) is 158 Å². The van der Waals surface area contributed by atoms with Gasteiger partial charge in [-0.25, -0.2) is 48.1 Å². The minimum Gasteiger partial charge on any atom is -0.473 e. The Morgan fingerprint density at radius 2 is 0.617 bits per heavy atom. The third kappa shape index (κ3) is 35.9. The van der Waals surface area contributed by atoms with E-state index >= 15 is 0 Å². The molecule has 0 unspecified atom stereocenters. The number of nitrogens with one attached hydrogen (secondary N) is 6. The average Bonchev–Trinajstić information content (AvgIpc) is 0.870. The number of anilines is 4. The molecule has 0 atom stereocenters. The number of halogens is 3. The molecule has 0 saturated heterocycles. The molecule has 1 aliphatic carbocycles. The highest BCUT2D eigenvalue weighted by atomic mass is 19.1. The molecule has 0 radical (unpaired) electrons. The van der Waals surface area contributed by atoms with Gasteiger partial charge in [-0.3, -0.25) is 28.8 Å². The Kier molecular flexibility index (Phi) is 38.5. The number of aryl methyl sites for hydroxylation is 4. The maximum absolute atomic E-state index is 13.5. The fraction of sp³-hybridized carbons (Fsp3) is 0.159. The van der Waals surface area contributed by atoms with E-state index in [1.165, 1.54) is 79.5 Å². The van der Waals surface area contributed by atoms with Gasteiger partial charge < -0.3 is 60.3 Å². The van der Waals surface area contributed by atoms with E-state index in [0.717, 1.165) is 63.3 Å². The van der Waals surface area contributed by atoms with Crippen molar-refractivity contribution in [3.63, 3.8) is 0 Å². The van der Waals surface area contributed by atoms with Crippen molar-refractivity contribution < 1.29 is 70.4 Å². The fourth-order valence-corrected chi connectivity index (χ4v) is 12.7. The van der Waals surface area contributed by atoms with Crippen molar-refractivity contribution in [2.24, 2.45) is 0 Å². The fourth-order valence-electron chi connectivity index (χ4n) is 12.7. The third-order valence-corrected chi connectivity index (χ3v) is 20.6. The molecule has 141 heavy (non-hydrogen) atoms. The number of pyridine rings is 7. The Balaban J connectivity index is 0.000000151. The molecule has 7 heterocycles. The number of carbonyl (C=O) groups excluding carboxylic acids is 6. The summed E-state index contributed by atoms with van der Waals surface area (Å²) in [5, 5.41) is 17.0. The summed E-state index contributed by atoms with van der Waals surface area (Å²) in [5.41, 5.74) is 14.5. The quantitative estimate of drug-likeness (QED) is 0.0254. The summed E-state index contributed by atoms with van der Waals surface area (Å²) in [6, 6.07) is 95.0. The molecule has 16 aromatic rings. The number of benzene rings is 9. The van der Waals surface area contributed by atoms with Crippen molar-refractivity contribution >= 4 is 58.3 Å². The molecule has 716 valence electrons. The largest absolute Gasteiger partial charge is 0.473 e. The van der Waals surface area contributed by atoms with Gasteiger partial charge >= 0.3 is 0 Å². The second kappa shape index (κ2) is 53.1. The number of nitrogens with zero attached hydrogens (tertiary/aromatic N) is 7. The first kappa shape index (κ1) is 102. The summed E-state index contributed by atoms with van der Waals surface area (Å²) in [7, 11) is 0. The number of amides is 6. The molecule has 0 aliphatic heterocycles. The number of hydrogen-bond acceptors (Lipinski definition) is 19. The standard InChI is InChI=1S/2C20H17FN2O2.C20H18N2O2.C19H17N3O2.C17H17FN2O2.C17H20N2O2/c2*1-14-5-8-18(9-6-14)23-20(24)16-7-10-19(22-12-16)25-13-15-3-2-4-17(21)11-15;1-15-7-10-18(11-8-15)22-20(23)17-9-12-19(21-13-17)24-14-16-5-3-2-4-6-16;1-14-5-4-6-15(11-14)13-24-18-9-8-16(12-21-18)19(23)22-17-7-2-3-10-20-17;18-15-7-2-1-4-13(15)11-22-16-9-8-12(10-19-16)17(21)20-14-5-3-6-14;1-17(2,3)19-16(20)14-9-10-15(18-11-14)21-12-13-7-5-4-6-8-13/h2*2-12H,13H2,1H3,(H,23,24);2-13H,14H2,1H3,(H,22,23);2-12H,13H2,1H3,(H,20,22,23);1-2,4,7-10,14H,3,5-6,11H2,(H,20,21);4-11H,12H2,1-3H3,(H,19,20). The molecule has 6 N–H and O–H groups in total. The molecule has 1 saturated carbocycles. The van der Waals surface area contributed by atoms with Crippen LogP contribution in [-0.2, 0) is 39.6 Å². The summed E-state index contributed by atoms with van der Waals surface area (Å²) in [5.74, 6) is 0.977. The molecule has 9 aromatic carbocycles. The van der Waals surface area contributed by atoms with Gasteiger partial charge in [0.15, 0.2) is 0 Å². The minimum atomic E-state index is -0.308. The van der Waals surface area contributed by atoms with Crippen LogP contribution in [0.5, 0.6) is 35.3 Å². The highest BCUT2D eigenvalue weighted by Crippen LogP contribution is 2.24. The van der Waals surface area contributed by atoms with Gasteiger partial charge in [-0.1, -0.05) is 192 Å². The van der Waals surface area contributed by atoms with Gasteiger partial charge in [0.1, 0.15) is 62.9 Å². The number of aromatic nitrogens is 7. The molecule has 6 amide bonds. The van der Waals surface area contributed by atoms with E-state index in [1.807, 2.05) is 206 Å². The van der Waals surface area contributed by atoms with Gasteiger partial charge in [-0.05, 0) is 211 Å². The summed E-state index contributed by atoms with van der Waals surface area (Å²) in [6.45, 7) is 15.7. The van der Waals surface area contributed by atoms with E-state index in [0.29, 0.717) is 117 Å². The van der Waals surface area contributed by atoms with Gasteiger partial charge in [-0.15, -0.1) is 0 Å². The minimum absolute atomic E-state index is 0.104. The zero-order valence-corrected chi connectivity index (χ0v) is 78.7. The van der Waals surface area contributed by atoms with E-state index < -0.39 is 0 Å². The molecule has 1 aliphatic rings. The molecule has 17 rings (SSSR count). The van der Waals surface area contributed by atoms with E-state index in [-0.39, 0.29) is 78.3 Å². The van der Waals surface area contributed by atoms with Crippen molar-refractivity contribution in [3.05, 3.63) is 471 Å². The Labute approximate surface area is 816 Å². The van der Waals surface area contributed by atoms with Gasteiger partial charge in [0.25, 0.3) is 35.4 Å². The molecule has 0 spiro atoms. The average molecular weight is 1900 g/mol. The highest BCUT2D eigenvalue weighted by Gasteiger charge is 2.22. The second-order valence-electron chi connectivity index (χ2n) is 33.3. The van der Waals surface area contributed by atoms with Crippen molar-refractivity contribution in [2.75, 3.05) is 21.3 Å². The van der Waals surface area contributed by atoms with Crippen molar-refractivity contribution in [1.29, 1.82) is 0 Å². The monoisotopic (exact) mass is 1890 g/mol. The lowest BCUT2D eigenvalue weighted by molar-refractivity contribution is 0.0908. The van der Waals surface area contributed by atoms with E-state index in [1.54, 1.807) is 134 Å². The van der Waals surface area contributed by atoms with E-state index in [4.69, 9.17) is 28.4 Å². The molecular weight excluding hydrogens is 1790 g/mol. The summed E-state index contributed by atoms with van der Waals surface area (Å²) >= 11 is 0. The zero-order valence-electron chi connectivity index (χ0n) is 78.7. The third-order valence-electron chi connectivity index (χ3n) is 20.6. The van der Waals surface area contributed by atoms with Crippen LogP contribution in [0.2, 0.25) is 0 Å². The number of hydrogen-bond donors (Lipinski definition) is 6. The van der Waals surface area contributed by atoms with Crippen LogP contribution in [0.15, 0.2) is 365 Å². The highest BCUT2D eigenvalue weighted by molar-refractivity contribution is 6.06. The Bertz CT molecular complexity index is 6520. The molecule has 25 nitrogen and oxygen atoms in total. The zero-order chi connectivity index (χ0) is 99.5. The van der Waals surface area contributed by atoms with Crippen molar-refractivity contribution in [3.8, 4) is 35.3 Å². The Hall–Kier alpha value is -17.6. The smallest absolute Gasteiger partial charge is 0.258 e. The maximum Gasteiger partial charge on any atom is 0.258 e. The molecule has 0 bridgehead atoms. The van der Waals surface area contributed by atoms with Gasteiger partial charge in [-0.2, -0.15) is 0 Å². The molecule has 1 fully saturated rings. The van der Waals surface area contributed by atoms with Crippen molar-refractivity contribution in [2.45, 2.75) is 119 Å². The summed E-state index contributed by atoms with van der Waals surface area (Å²) < 4.78 is 73.0. The molecule has 28 heteroatoms. The Morgan fingerprint density at radius 3 is 0.943 bits per heavy atom. The van der Waals surface area contributed by atoms with Gasteiger partial charge in [0, 0.05) is 114 Å². The first-order valence-electron chi connectivity index (χ1n) is 45.2. The van der Waals surface area contributed by atoms with Gasteiger partial charge in [0.05, 0.1) is 33.4 Å². The van der Waals surface area contributed by atoms with Crippen LogP contribution < -0.4 is 60.3 Å². The number of carbonyl (C=O) groups is 6. The van der Waals surface area contributed by atoms with E-state index in [9.17, 15) is 41.9 Å². The first-order valence-corrected chi connectivity index (χ1v) is 45.2. The van der Waals surface area contributed by atoms with Crippen LogP contribution >= 0.6 is 0 Å². The summed E-state index contributed by atoms with van der Waals surface area (Å²) in [6.07, 6.45) is 13.8. The predicted molar refractivity (Wildman–Crippen MR) is 537 cm³/mol. The lowest BCUT2D eigenvalue weighted by atomic mass is 9.93. The van der Waals surface area contributed by atoms with Crippen LogP contribution in [0.3, 0.4) is 0 Å². The molecular formula is C113H106F3N13O12. The lowest BCUT2D eigenvalue weighted by Crippen LogP contribution is -2.40.